The summed E-state index contributed by atoms with van der Waals surface area (Å²) in [5.41, 5.74) is 3.15. The zero-order valence-corrected chi connectivity index (χ0v) is 13.3. The molecule has 0 amide bonds. The Kier molecular flexibility index (Phi) is 5.93. The minimum atomic E-state index is 0.0722. The molecule has 0 saturated heterocycles. The molecule has 4 heteroatoms. The van der Waals surface area contributed by atoms with Gasteiger partial charge in [-0.1, -0.05) is 11.6 Å². The van der Waals surface area contributed by atoms with Crippen molar-refractivity contribution < 1.29 is 4.79 Å². The molecule has 21 heavy (non-hydrogen) atoms. The molecule has 1 aliphatic carbocycles. The Hall–Kier alpha value is -1.68. The van der Waals surface area contributed by atoms with Crippen LogP contribution in [-0.4, -0.2) is 17.4 Å². The monoisotopic (exact) mass is 302 g/mol. The van der Waals surface area contributed by atoms with Crippen LogP contribution >= 0.6 is 12.2 Å². The van der Waals surface area contributed by atoms with Crippen LogP contribution in [0.4, 0.5) is 5.69 Å². The molecule has 1 aromatic carbocycles. The highest BCUT2D eigenvalue weighted by Crippen LogP contribution is 2.19. The predicted molar refractivity (Wildman–Crippen MR) is 91.8 cm³/mol. The summed E-state index contributed by atoms with van der Waals surface area (Å²) in [6.45, 7) is 2.43. The molecule has 0 fully saturated rings. The molecule has 1 aromatic rings. The van der Waals surface area contributed by atoms with E-state index in [0.29, 0.717) is 10.7 Å². The minimum absolute atomic E-state index is 0.0722. The lowest BCUT2D eigenvalue weighted by Crippen LogP contribution is -2.29. The van der Waals surface area contributed by atoms with Crippen LogP contribution in [0.5, 0.6) is 0 Å². The second-order valence-electron chi connectivity index (χ2n) is 5.37. The first-order valence-corrected chi connectivity index (χ1v) is 7.90. The van der Waals surface area contributed by atoms with Gasteiger partial charge < -0.3 is 10.6 Å². The van der Waals surface area contributed by atoms with Crippen LogP contribution in [0, 0.1) is 0 Å². The van der Waals surface area contributed by atoms with Gasteiger partial charge >= 0.3 is 0 Å². The zero-order valence-electron chi connectivity index (χ0n) is 12.4. The summed E-state index contributed by atoms with van der Waals surface area (Å²) in [5, 5.41) is 6.99. The molecule has 0 aliphatic heterocycles. The summed E-state index contributed by atoms with van der Waals surface area (Å²) in [6, 6.07) is 7.35. The molecule has 0 saturated carbocycles. The molecule has 0 bridgehead atoms. The molecule has 112 valence electrons. The van der Waals surface area contributed by atoms with Crippen molar-refractivity contribution in [2.24, 2.45) is 0 Å². The first kappa shape index (κ1) is 15.7. The summed E-state index contributed by atoms with van der Waals surface area (Å²) < 4.78 is 0. The van der Waals surface area contributed by atoms with Gasteiger partial charge in [-0.3, -0.25) is 4.79 Å². The Morgan fingerprint density at radius 3 is 2.62 bits per heavy atom. The van der Waals surface area contributed by atoms with Crippen molar-refractivity contribution in [2.45, 2.75) is 39.0 Å². The number of benzene rings is 1. The van der Waals surface area contributed by atoms with E-state index >= 15 is 0 Å². The summed E-state index contributed by atoms with van der Waals surface area (Å²) >= 11 is 5.28. The number of ketones is 1. The number of nitrogens with one attached hydrogen (secondary N) is 2. The van der Waals surface area contributed by atoms with Crippen molar-refractivity contribution in [1.82, 2.24) is 5.32 Å². The van der Waals surface area contributed by atoms with Crippen LogP contribution in [0.25, 0.3) is 0 Å². The summed E-state index contributed by atoms with van der Waals surface area (Å²) in [4.78, 5) is 11.2. The highest BCUT2D eigenvalue weighted by molar-refractivity contribution is 7.80. The van der Waals surface area contributed by atoms with Gasteiger partial charge in [-0.15, -0.1) is 0 Å². The van der Waals surface area contributed by atoms with Crippen LogP contribution in [-0.2, 0) is 0 Å². The number of carbonyl (C=O) groups excluding carboxylic acids is 1. The molecular weight excluding hydrogens is 280 g/mol. The molecule has 2 N–H and O–H groups in total. The van der Waals surface area contributed by atoms with Crippen molar-refractivity contribution in [3.05, 3.63) is 41.5 Å². The second-order valence-corrected chi connectivity index (χ2v) is 5.78. The summed E-state index contributed by atoms with van der Waals surface area (Å²) in [5.74, 6) is 0.0722. The molecular formula is C17H22N2OS. The smallest absolute Gasteiger partial charge is 0.170 e. The van der Waals surface area contributed by atoms with Gasteiger partial charge in [-0.2, -0.15) is 0 Å². The first-order chi connectivity index (χ1) is 10.1. The lowest BCUT2D eigenvalue weighted by molar-refractivity contribution is 0.101. The van der Waals surface area contributed by atoms with Gasteiger partial charge in [0.1, 0.15) is 0 Å². The fourth-order valence-electron chi connectivity index (χ4n) is 2.43. The number of allylic oxidation sites excluding steroid dienone is 1. The molecule has 0 atom stereocenters. The number of rotatable bonds is 5. The Labute approximate surface area is 131 Å². The average molecular weight is 302 g/mol. The quantitative estimate of drug-likeness (QED) is 0.489. The van der Waals surface area contributed by atoms with Crippen LogP contribution in [0.1, 0.15) is 49.4 Å². The van der Waals surface area contributed by atoms with Gasteiger partial charge in [0.25, 0.3) is 0 Å². The van der Waals surface area contributed by atoms with E-state index in [1.165, 1.54) is 25.7 Å². The van der Waals surface area contributed by atoms with E-state index in [1.807, 2.05) is 12.1 Å². The molecule has 3 nitrogen and oxygen atoms in total. The van der Waals surface area contributed by atoms with Crippen LogP contribution < -0.4 is 10.6 Å². The van der Waals surface area contributed by atoms with E-state index < -0.39 is 0 Å². The summed E-state index contributed by atoms with van der Waals surface area (Å²) in [6.07, 6.45) is 8.52. The topological polar surface area (TPSA) is 41.1 Å². The van der Waals surface area contributed by atoms with E-state index in [1.54, 1.807) is 24.6 Å². The molecule has 0 spiro atoms. The van der Waals surface area contributed by atoms with Gasteiger partial charge in [0.2, 0.25) is 0 Å². The molecule has 2 rings (SSSR count). The Morgan fingerprint density at radius 2 is 2.00 bits per heavy atom. The second kappa shape index (κ2) is 7.93. The lowest BCUT2D eigenvalue weighted by Gasteiger charge is -2.14. The maximum atomic E-state index is 11.2. The molecule has 1 aliphatic rings. The normalized spacial score (nSPS) is 14.2. The highest BCUT2D eigenvalue weighted by Gasteiger charge is 2.04. The summed E-state index contributed by atoms with van der Waals surface area (Å²) in [7, 11) is 0. The van der Waals surface area contributed by atoms with Crippen molar-refractivity contribution in [1.29, 1.82) is 0 Å². The largest absolute Gasteiger partial charge is 0.362 e. The number of carbonyl (C=O) groups is 1. The molecule has 0 unspecified atom stereocenters. The number of Topliss-reactive ketones (excluding diaryl/α,β-unsaturated/α-hetero) is 1. The van der Waals surface area contributed by atoms with Gasteiger partial charge in [-0.25, -0.2) is 0 Å². The lowest BCUT2D eigenvalue weighted by atomic mass is 9.97. The van der Waals surface area contributed by atoms with Crippen molar-refractivity contribution in [3.8, 4) is 0 Å². The minimum Gasteiger partial charge on any atom is -0.362 e. The fourth-order valence-corrected chi connectivity index (χ4v) is 2.65. The number of anilines is 1. The van der Waals surface area contributed by atoms with E-state index in [0.717, 1.165) is 18.7 Å². The van der Waals surface area contributed by atoms with Gasteiger partial charge in [0.05, 0.1) is 0 Å². The Bertz CT molecular complexity index is 534. The van der Waals surface area contributed by atoms with Gasteiger partial charge in [0.15, 0.2) is 10.9 Å². The van der Waals surface area contributed by atoms with Crippen molar-refractivity contribution in [3.63, 3.8) is 0 Å². The van der Waals surface area contributed by atoms with Crippen molar-refractivity contribution in [2.75, 3.05) is 11.9 Å². The first-order valence-electron chi connectivity index (χ1n) is 7.49. The van der Waals surface area contributed by atoms with E-state index in [4.69, 9.17) is 12.2 Å². The van der Waals surface area contributed by atoms with Crippen LogP contribution in [0.3, 0.4) is 0 Å². The fraction of sp³-hybridized carbons (Fsp3) is 0.412. The molecule has 0 heterocycles. The van der Waals surface area contributed by atoms with Crippen molar-refractivity contribution >= 4 is 28.8 Å². The number of thiocarbonyl (C=S) groups is 1. The Balaban J connectivity index is 1.73. The number of hydrogen-bond donors (Lipinski definition) is 2. The van der Waals surface area contributed by atoms with Gasteiger partial charge in [0, 0.05) is 17.8 Å². The van der Waals surface area contributed by atoms with Gasteiger partial charge in [-0.05, 0) is 75.5 Å². The maximum absolute atomic E-state index is 11.2. The molecule has 0 radical (unpaired) electrons. The highest BCUT2D eigenvalue weighted by atomic mass is 32.1. The third-order valence-electron chi connectivity index (χ3n) is 3.67. The van der Waals surface area contributed by atoms with E-state index in [-0.39, 0.29) is 5.78 Å². The third-order valence-corrected chi connectivity index (χ3v) is 3.91. The average Bonchev–Trinajstić information content (AvgIpc) is 2.49. The SMILES string of the molecule is CC(=O)c1ccc(NC(=S)NCCC2=CCCCC2)cc1. The zero-order chi connectivity index (χ0) is 15.1. The van der Waals surface area contributed by atoms with Crippen LogP contribution in [0.2, 0.25) is 0 Å². The predicted octanol–water partition coefficient (Wildman–Crippen LogP) is 4.07. The van der Waals surface area contributed by atoms with E-state index in [9.17, 15) is 4.79 Å². The Morgan fingerprint density at radius 1 is 1.24 bits per heavy atom. The maximum Gasteiger partial charge on any atom is 0.170 e. The van der Waals surface area contributed by atoms with Crippen LogP contribution in [0.15, 0.2) is 35.9 Å². The van der Waals surface area contributed by atoms with E-state index in [2.05, 4.69) is 16.7 Å². The molecule has 0 aromatic heterocycles. The standard InChI is InChI=1S/C17H22N2OS/c1-13(20)15-7-9-16(10-8-15)19-17(21)18-12-11-14-5-3-2-4-6-14/h5,7-10H,2-4,6,11-12H2,1H3,(H2,18,19,21). The third kappa shape index (κ3) is 5.31. The number of hydrogen-bond acceptors (Lipinski definition) is 2.